The third-order valence-electron chi connectivity index (χ3n) is 5.71. The van der Waals surface area contributed by atoms with E-state index in [1.165, 1.54) is 44.6 Å². The van der Waals surface area contributed by atoms with Crippen LogP contribution in [0.1, 0.15) is 22.0 Å². The van der Waals surface area contributed by atoms with Crippen LogP contribution < -0.4 is 14.2 Å². The minimum Gasteiger partial charge on any atom is -0.497 e. The maximum atomic E-state index is 12.5. The molecule has 0 aromatic heterocycles. The monoisotopic (exact) mass is 510 g/mol. The molecule has 0 radical (unpaired) electrons. The third-order valence-corrected chi connectivity index (χ3v) is 5.71. The lowest BCUT2D eigenvalue weighted by molar-refractivity contribution is -0.277. The molecule has 0 amide bonds. The van der Waals surface area contributed by atoms with Crippen molar-refractivity contribution in [1.82, 2.24) is 0 Å². The van der Waals surface area contributed by atoms with Gasteiger partial charge in [0.25, 0.3) is 0 Å². The standard InChI is InChI=1S/C24H30O12/c1-32-14-6-3-12(4-7-14)23(31)36-22-18(11-26)35-24(21(30)20(22)29)34-16-8-5-13(9-17(16)33-2)19(28)15(27)10-25/h3-9,15,18-22,24-30H,10-11H2,1-2H3/t15-,18+,19-,20+,21+,22+,24+/m0/s1. The number of aliphatic hydroxyl groups excluding tert-OH is 6. The van der Waals surface area contributed by atoms with E-state index in [1.807, 2.05) is 0 Å². The summed E-state index contributed by atoms with van der Waals surface area (Å²) in [5.74, 6) is -0.140. The van der Waals surface area contributed by atoms with Crippen molar-refractivity contribution in [2.75, 3.05) is 27.4 Å². The second-order valence-corrected chi connectivity index (χ2v) is 8.03. The Labute approximate surface area is 206 Å². The number of hydrogen-bond donors (Lipinski definition) is 6. The molecule has 0 saturated carbocycles. The number of rotatable bonds is 10. The number of aliphatic hydroxyl groups is 6. The zero-order valence-electron chi connectivity index (χ0n) is 19.6. The summed E-state index contributed by atoms with van der Waals surface area (Å²) in [6.45, 7) is -1.32. The molecule has 2 aromatic carbocycles. The zero-order chi connectivity index (χ0) is 26.4. The Hall–Kier alpha value is -2.97. The van der Waals surface area contributed by atoms with Crippen molar-refractivity contribution >= 4 is 5.97 Å². The van der Waals surface area contributed by atoms with Crippen molar-refractivity contribution < 1.29 is 59.1 Å². The quantitative estimate of drug-likeness (QED) is 0.218. The number of esters is 1. The lowest BCUT2D eigenvalue weighted by Gasteiger charge is -2.41. The Morgan fingerprint density at radius 2 is 1.67 bits per heavy atom. The first-order valence-electron chi connectivity index (χ1n) is 11.0. The number of ether oxygens (including phenoxy) is 5. The predicted molar refractivity (Wildman–Crippen MR) is 122 cm³/mol. The summed E-state index contributed by atoms with van der Waals surface area (Å²) in [5, 5.41) is 59.9. The summed E-state index contributed by atoms with van der Waals surface area (Å²) in [7, 11) is 2.79. The molecule has 0 unspecified atom stereocenters. The van der Waals surface area contributed by atoms with Crippen LogP contribution in [0.5, 0.6) is 17.2 Å². The molecule has 6 N–H and O–H groups in total. The van der Waals surface area contributed by atoms with Crippen molar-refractivity contribution in [2.45, 2.75) is 42.9 Å². The predicted octanol–water partition coefficient (Wildman–Crippen LogP) is -0.866. The third kappa shape index (κ3) is 6.05. The summed E-state index contributed by atoms with van der Waals surface area (Å²) in [5.41, 5.74) is 0.385. The number of hydrogen-bond acceptors (Lipinski definition) is 12. The molecule has 12 heteroatoms. The average Bonchev–Trinajstić information content (AvgIpc) is 2.91. The fourth-order valence-corrected chi connectivity index (χ4v) is 3.63. The Morgan fingerprint density at radius 1 is 0.972 bits per heavy atom. The van der Waals surface area contributed by atoms with Crippen LogP contribution in [0.2, 0.25) is 0 Å². The van der Waals surface area contributed by atoms with Gasteiger partial charge in [-0.3, -0.25) is 0 Å². The van der Waals surface area contributed by atoms with E-state index in [9.17, 15) is 30.3 Å². The number of benzene rings is 2. The van der Waals surface area contributed by atoms with Gasteiger partial charge in [0.05, 0.1) is 33.0 Å². The van der Waals surface area contributed by atoms with Gasteiger partial charge in [0.15, 0.2) is 17.6 Å². The normalized spacial score (nSPS) is 25.5. The minimum atomic E-state index is -1.69. The van der Waals surface area contributed by atoms with Crippen LogP contribution in [-0.4, -0.2) is 101 Å². The topological polar surface area (TPSA) is 185 Å². The molecule has 1 saturated heterocycles. The van der Waals surface area contributed by atoms with Crippen molar-refractivity contribution in [3.05, 3.63) is 53.6 Å². The highest BCUT2D eigenvalue weighted by Crippen LogP contribution is 2.34. The highest BCUT2D eigenvalue weighted by atomic mass is 16.7. The van der Waals surface area contributed by atoms with Gasteiger partial charge in [-0.25, -0.2) is 4.79 Å². The fourth-order valence-electron chi connectivity index (χ4n) is 3.63. The number of methoxy groups -OCH3 is 2. The molecule has 1 fully saturated rings. The molecule has 1 aliphatic heterocycles. The van der Waals surface area contributed by atoms with Crippen molar-refractivity contribution in [2.24, 2.45) is 0 Å². The minimum absolute atomic E-state index is 0.0496. The van der Waals surface area contributed by atoms with Crippen LogP contribution in [0.3, 0.4) is 0 Å². The van der Waals surface area contributed by atoms with E-state index in [0.717, 1.165) is 0 Å². The van der Waals surface area contributed by atoms with Gasteiger partial charge < -0.3 is 54.3 Å². The van der Waals surface area contributed by atoms with Crippen LogP contribution in [0.4, 0.5) is 0 Å². The van der Waals surface area contributed by atoms with Gasteiger partial charge in [0.1, 0.15) is 36.3 Å². The highest BCUT2D eigenvalue weighted by Gasteiger charge is 2.48. The van der Waals surface area contributed by atoms with Crippen LogP contribution in [0.25, 0.3) is 0 Å². The van der Waals surface area contributed by atoms with Gasteiger partial charge in [0, 0.05) is 0 Å². The van der Waals surface area contributed by atoms with E-state index in [1.54, 1.807) is 12.1 Å². The Balaban J connectivity index is 1.73. The number of carbonyl (C=O) groups excluding carboxylic acids is 1. The molecule has 0 spiro atoms. The lowest BCUT2D eigenvalue weighted by Crippen LogP contribution is -2.61. The first kappa shape index (κ1) is 27.6. The summed E-state index contributed by atoms with van der Waals surface area (Å²) in [4.78, 5) is 12.5. The van der Waals surface area contributed by atoms with Crippen LogP contribution >= 0.6 is 0 Å². The van der Waals surface area contributed by atoms with Gasteiger partial charge in [-0.2, -0.15) is 0 Å². The van der Waals surface area contributed by atoms with Crippen LogP contribution in [-0.2, 0) is 9.47 Å². The Kier molecular flexibility index (Phi) is 9.45. The van der Waals surface area contributed by atoms with Gasteiger partial charge in [-0.05, 0) is 42.0 Å². The molecule has 0 aliphatic carbocycles. The Bertz CT molecular complexity index is 995. The molecular weight excluding hydrogens is 480 g/mol. The van der Waals surface area contributed by atoms with Gasteiger partial charge in [-0.15, -0.1) is 0 Å². The second kappa shape index (κ2) is 12.3. The first-order chi connectivity index (χ1) is 17.2. The molecule has 198 valence electrons. The maximum Gasteiger partial charge on any atom is 0.338 e. The summed E-state index contributed by atoms with van der Waals surface area (Å²) in [6, 6.07) is 10.1. The van der Waals surface area contributed by atoms with E-state index in [4.69, 9.17) is 28.8 Å². The second-order valence-electron chi connectivity index (χ2n) is 8.03. The molecule has 1 aliphatic rings. The molecule has 0 bridgehead atoms. The van der Waals surface area contributed by atoms with Crippen LogP contribution in [0, 0.1) is 0 Å². The summed E-state index contributed by atoms with van der Waals surface area (Å²) < 4.78 is 26.9. The van der Waals surface area contributed by atoms with Crippen molar-refractivity contribution in [3.8, 4) is 17.2 Å². The van der Waals surface area contributed by atoms with E-state index in [2.05, 4.69) is 0 Å². The zero-order valence-corrected chi connectivity index (χ0v) is 19.6. The Morgan fingerprint density at radius 3 is 2.25 bits per heavy atom. The average molecular weight is 510 g/mol. The highest BCUT2D eigenvalue weighted by molar-refractivity contribution is 5.89. The number of carbonyl (C=O) groups is 1. The molecule has 2 aromatic rings. The van der Waals surface area contributed by atoms with Crippen molar-refractivity contribution in [1.29, 1.82) is 0 Å². The lowest BCUT2D eigenvalue weighted by atomic mass is 9.98. The van der Waals surface area contributed by atoms with Crippen molar-refractivity contribution in [3.63, 3.8) is 0 Å². The SMILES string of the molecule is COc1ccc(C(=O)O[C@H]2[C@H](O)[C@@H](O)[C@H](Oc3ccc([C@H](O)[C@@H](O)CO)cc3OC)O[C@@H]2CO)cc1. The fraction of sp³-hybridized carbons (Fsp3) is 0.458. The molecule has 36 heavy (non-hydrogen) atoms. The molecule has 1 heterocycles. The van der Waals surface area contributed by atoms with E-state index in [-0.39, 0.29) is 22.6 Å². The van der Waals surface area contributed by atoms with E-state index >= 15 is 0 Å². The summed E-state index contributed by atoms with van der Waals surface area (Å²) >= 11 is 0. The largest absolute Gasteiger partial charge is 0.497 e. The maximum absolute atomic E-state index is 12.5. The van der Waals surface area contributed by atoms with E-state index < -0.39 is 62.1 Å². The molecule has 3 rings (SSSR count). The van der Waals surface area contributed by atoms with Crippen LogP contribution in [0.15, 0.2) is 42.5 Å². The van der Waals surface area contributed by atoms with Gasteiger partial charge >= 0.3 is 5.97 Å². The summed E-state index contributed by atoms with van der Waals surface area (Å²) in [6.07, 6.45) is -10.3. The molecule has 12 nitrogen and oxygen atoms in total. The smallest absolute Gasteiger partial charge is 0.338 e. The van der Waals surface area contributed by atoms with Gasteiger partial charge in [0.2, 0.25) is 6.29 Å². The molecular formula is C24H30O12. The first-order valence-corrected chi connectivity index (χ1v) is 11.0. The molecule has 7 atom stereocenters. The van der Waals surface area contributed by atoms with E-state index in [0.29, 0.717) is 5.75 Å². The van der Waals surface area contributed by atoms with Gasteiger partial charge in [-0.1, -0.05) is 6.07 Å².